The van der Waals surface area contributed by atoms with E-state index in [-0.39, 0.29) is 17.1 Å². The second-order valence-electron chi connectivity index (χ2n) is 6.15. The number of aromatic nitrogens is 2. The Morgan fingerprint density at radius 3 is 2.76 bits per heavy atom. The number of nitrogens with zero attached hydrogens (tertiary/aromatic N) is 3. The Balaban J connectivity index is 2.25. The largest absolute Gasteiger partial charge is 0.459 e. The third-order valence-corrected chi connectivity index (χ3v) is 4.00. The molecule has 2 rings (SSSR count). The molecule has 0 saturated heterocycles. The Morgan fingerprint density at radius 2 is 2.17 bits per heavy atom. The van der Waals surface area contributed by atoms with Gasteiger partial charge < -0.3 is 15.8 Å². The molecule has 0 bridgehead atoms. The zero-order valence-electron chi connectivity index (χ0n) is 15.5. The zero-order chi connectivity index (χ0) is 21.8. The first kappa shape index (κ1) is 21.6. The number of nitrogens with one attached hydrogen (secondary N) is 2. The van der Waals surface area contributed by atoms with Crippen molar-refractivity contribution in [2.45, 2.75) is 25.7 Å². The van der Waals surface area contributed by atoms with Crippen LogP contribution in [0.25, 0.3) is 0 Å². The molecule has 0 spiro atoms. The first-order valence-electron chi connectivity index (χ1n) is 8.24. The molecule has 29 heavy (non-hydrogen) atoms. The van der Waals surface area contributed by atoms with Crippen LogP contribution in [0.15, 0.2) is 24.4 Å². The van der Waals surface area contributed by atoms with Gasteiger partial charge in [-0.1, -0.05) is 6.92 Å². The maximum Gasteiger partial charge on any atom is 0.289 e. The van der Waals surface area contributed by atoms with Crippen molar-refractivity contribution in [2.75, 3.05) is 11.9 Å². The number of anilines is 1. The van der Waals surface area contributed by atoms with E-state index in [0.717, 1.165) is 19.1 Å². The normalized spacial score (nSPS) is 12.0. The highest BCUT2D eigenvalue weighted by Gasteiger charge is 2.41. The number of nitriles is 1. The van der Waals surface area contributed by atoms with E-state index in [1.165, 1.54) is 12.3 Å². The van der Waals surface area contributed by atoms with Crippen LogP contribution in [-0.2, 0) is 4.74 Å². The average molecular weight is 406 g/mol. The minimum atomic E-state index is -3.58. The summed E-state index contributed by atoms with van der Waals surface area (Å²) in [6.45, 7) is 1.38. The SMILES string of the molecule is Cc1cc(C#N)cnc1C(=O)Nc1ccc(F)c([C@H](C)C(F)(F)COC(=N)N)n1. The fourth-order valence-corrected chi connectivity index (χ4v) is 2.38. The van der Waals surface area contributed by atoms with Crippen LogP contribution >= 0.6 is 0 Å². The van der Waals surface area contributed by atoms with E-state index in [1.807, 2.05) is 6.07 Å². The molecular formula is C18H17F3N6O2. The van der Waals surface area contributed by atoms with Crippen molar-refractivity contribution in [3.8, 4) is 6.07 Å². The van der Waals surface area contributed by atoms with E-state index < -0.39 is 41.9 Å². The highest BCUT2D eigenvalue weighted by Crippen LogP contribution is 2.34. The number of carbonyl (C=O) groups is 1. The molecule has 0 aliphatic rings. The first-order valence-corrected chi connectivity index (χ1v) is 8.24. The van der Waals surface area contributed by atoms with Crippen molar-refractivity contribution >= 4 is 17.7 Å². The second kappa shape index (κ2) is 8.55. The van der Waals surface area contributed by atoms with Crippen LogP contribution < -0.4 is 11.1 Å². The van der Waals surface area contributed by atoms with E-state index in [1.54, 1.807) is 6.92 Å². The van der Waals surface area contributed by atoms with Crippen molar-refractivity contribution in [3.63, 3.8) is 0 Å². The number of aryl methyl sites for hydroxylation is 1. The fraction of sp³-hybridized carbons (Fsp3) is 0.278. The van der Waals surface area contributed by atoms with Crippen LogP contribution in [0.4, 0.5) is 19.0 Å². The zero-order valence-corrected chi connectivity index (χ0v) is 15.5. The average Bonchev–Trinajstić information content (AvgIpc) is 2.67. The van der Waals surface area contributed by atoms with Gasteiger partial charge in [0.05, 0.1) is 17.2 Å². The number of pyridine rings is 2. The molecular weight excluding hydrogens is 389 g/mol. The van der Waals surface area contributed by atoms with Crippen LogP contribution in [0.1, 0.15) is 40.2 Å². The monoisotopic (exact) mass is 406 g/mol. The van der Waals surface area contributed by atoms with Crippen LogP contribution in [0.2, 0.25) is 0 Å². The molecule has 1 atom stereocenters. The summed E-state index contributed by atoms with van der Waals surface area (Å²) in [6, 6.07) is 4.48. The number of hydrogen-bond acceptors (Lipinski definition) is 6. The Kier molecular flexibility index (Phi) is 6.38. The molecule has 0 fully saturated rings. The lowest BCUT2D eigenvalue weighted by atomic mass is 9.99. The number of amidine groups is 1. The predicted molar refractivity (Wildman–Crippen MR) is 97.1 cm³/mol. The molecule has 8 nitrogen and oxygen atoms in total. The lowest BCUT2D eigenvalue weighted by Gasteiger charge is -2.23. The van der Waals surface area contributed by atoms with Gasteiger partial charge in [-0.3, -0.25) is 10.2 Å². The fourth-order valence-electron chi connectivity index (χ4n) is 2.38. The second-order valence-corrected chi connectivity index (χ2v) is 6.15. The summed E-state index contributed by atoms with van der Waals surface area (Å²) in [7, 11) is 0. The number of alkyl halides is 2. The van der Waals surface area contributed by atoms with E-state index in [9.17, 15) is 18.0 Å². The van der Waals surface area contributed by atoms with E-state index in [0.29, 0.717) is 5.56 Å². The van der Waals surface area contributed by atoms with Crippen molar-refractivity contribution < 1.29 is 22.7 Å². The minimum Gasteiger partial charge on any atom is -0.459 e. The molecule has 0 aliphatic carbocycles. The van der Waals surface area contributed by atoms with Gasteiger partial charge in [-0.25, -0.2) is 23.1 Å². The van der Waals surface area contributed by atoms with Crippen molar-refractivity contribution in [1.29, 1.82) is 10.7 Å². The minimum absolute atomic E-state index is 0.00455. The summed E-state index contributed by atoms with van der Waals surface area (Å²) >= 11 is 0. The van der Waals surface area contributed by atoms with Gasteiger partial charge in [-0.2, -0.15) is 5.26 Å². The maximum absolute atomic E-state index is 14.2. The summed E-state index contributed by atoms with van der Waals surface area (Å²) < 4.78 is 46.9. The van der Waals surface area contributed by atoms with Gasteiger partial charge >= 0.3 is 0 Å². The van der Waals surface area contributed by atoms with Gasteiger partial charge in [-0.05, 0) is 30.7 Å². The molecule has 0 saturated carbocycles. The third kappa shape index (κ3) is 5.19. The number of carbonyl (C=O) groups excluding carboxylic acids is 1. The van der Waals surface area contributed by atoms with Crippen molar-refractivity contribution in [3.05, 3.63) is 52.7 Å². The number of ether oxygens (including phenoxy) is 1. The number of amides is 1. The summed E-state index contributed by atoms with van der Waals surface area (Å²) in [4.78, 5) is 20.1. The lowest BCUT2D eigenvalue weighted by molar-refractivity contribution is -0.0659. The number of hydrogen-bond donors (Lipinski definition) is 3. The van der Waals surface area contributed by atoms with E-state index >= 15 is 0 Å². The quantitative estimate of drug-likeness (QED) is 0.498. The van der Waals surface area contributed by atoms with Crippen LogP contribution in [0.5, 0.6) is 0 Å². The molecule has 11 heteroatoms. The van der Waals surface area contributed by atoms with Crippen LogP contribution in [-0.4, -0.2) is 34.4 Å². The molecule has 0 unspecified atom stereocenters. The molecule has 2 aromatic rings. The number of halogens is 3. The van der Waals surface area contributed by atoms with Gasteiger partial charge in [-0.15, -0.1) is 0 Å². The third-order valence-electron chi connectivity index (χ3n) is 4.00. The lowest BCUT2D eigenvalue weighted by Crippen LogP contribution is -2.34. The van der Waals surface area contributed by atoms with Crippen LogP contribution in [0.3, 0.4) is 0 Å². The predicted octanol–water partition coefficient (Wildman–Crippen LogP) is 2.70. The Bertz CT molecular complexity index is 990. The molecule has 2 aromatic heterocycles. The van der Waals surface area contributed by atoms with Gasteiger partial charge in [0.15, 0.2) is 6.61 Å². The van der Waals surface area contributed by atoms with Gasteiger partial charge in [0.1, 0.15) is 23.4 Å². The van der Waals surface area contributed by atoms with Crippen molar-refractivity contribution in [2.24, 2.45) is 5.73 Å². The van der Waals surface area contributed by atoms with E-state index in [4.69, 9.17) is 16.4 Å². The van der Waals surface area contributed by atoms with Crippen LogP contribution in [0, 0.1) is 29.5 Å². The van der Waals surface area contributed by atoms with Gasteiger partial charge in [0.25, 0.3) is 17.9 Å². The summed E-state index contributed by atoms with van der Waals surface area (Å²) in [5.74, 6) is -7.16. The maximum atomic E-state index is 14.2. The Morgan fingerprint density at radius 1 is 1.48 bits per heavy atom. The number of nitrogens with two attached hydrogens (primary N) is 1. The molecule has 152 valence electrons. The Labute approximate surface area is 164 Å². The molecule has 0 aliphatic heterocycles. The molecule has 1 amide bonds. The summed E-state index contributed by atoms with van der Waals surface area (Å²) in [5, 5.41) is 18.1. The van der Waals surface area contributed by atoms with Gasteiger partial charge in [0, 0.05) is 6.20 Å². The molecule has 0 aromatic carbocycles. The number of rotatable bonds is 6. The van der Waals surface area contributed by atoms with E-state index in [2.05, 4.69) is 20.0 Å². The highest BCUT2D eigenvalue weighted by molar-refractivity contribution is 6.03. The first-order chi connectivity index (χ1) is 13.5. The topological polar surface area (TPSA) is 138 Å². The van der Waals surface area contributed by atoms with Gasteiger partial charge in [0.2, 0.25) is 0 Å². The summed E-state index contributed by atoms with van der Waals surface area (Å²) in [5.41, 5.74) is 5.00. The smallest absolute Gasteiger partial charge is 0.289 e. The molecule has 4 N–H and O–H groups in total. The highest BCUT2D eigenvalue weighted by atomic mass is 19.3. The Hall–Kier alpha value is -3.68. The molecule has 2 heterocycles. The standard InChI is InChI=1S/C18H17F3N6O2/c1-9-5-11(6-22)7-25-14(9)16(28)27-13-4-3-12(19)15(26-13)10(2)18(20,21)8-29-17(23)24/h3-5,7,10H,8H2,1-2H3,(H3,23,24)(H,26,27,28)/t10-/m0/s1. The van der Waals surface area contributed by atoms with Crippen molar-refractivity contribution in [1.82, 2.24) is 9.97 Å². The molecule has 0 radical (unpaired) electrons. The summed E-state index contributed by atoms with van der Waals surface area (Å²) in [6.07, 6.45) is 1.21.